The summed E-state index contributed by atoms with van der Waals surface area (Å²) in [7, 11) is 0. The zero-order chi connectivity index (χ0) is 10.4. The third-order valence-electron chi connectivity index (χ3n) is 1.91. The number of ether oxygens (including phenoxy) is 1. The molecule has 0 spiro atoms. The van der Waals surface area contributed by atoms with E-state index in [9.17, 15) is 0 Å². The number of alkyl halides is 1. The van der Waals surface area contributed by atoms with Gasteiger partial charge in [0.1, 0.15) is 5.75 Å². The van der Waals surface area contributed by atoms with Crippen molar-refractivity contribution in [2.75, 3.05) is 6.61 Å². The highest BCUT2D eigenvalue weighted by Crippen LogP contribution is 2.26. The molecule has 1 aromatic rings. The van der Waals surface area contributed by atoms with Crippen molar-refractivity contribution < 1.29 is 4.74 Å². The first-order valence-electron chi connectivity index (χ1n) is 4.75. The Kier molecular flexibility index (Phi) is 5.34. The fraction of sp³-hybridized carbons (Fsp3) is 0.455. The number of hydrogen-bond acceptors (Lipinski definition) is 1. The molecule has 0 atom stereocenters. The van der Waals surface area contributed by atoms with Gasteiger partial charge in [-0.15, -0.1) is 0 Å². The number of halogens is 2. The Bertz CT molecular complexity index is 289. The van der Waals surface area contributed by atoms with Crippen LogP contribution in [0.15, 0.2) is 18.2 Å². The molecule has 0 aromatic heterocycles. The smallest absolute Gasteiger partial charge is 0.137 e. The lowest BCUT2D eigenvalue weighted by Gasteiger charge is -2.07. The largest absolute Gasteiger partial charge is 0.492 e. The minimum Gasteiger partial charge on any atom is -0.492 e. The second kappa shape index (κ2) is 6.31. The molecule has 1 aromatic carbocycles. The first-order valence-corrected chi connectivity index (χ1v) is 6.25. The van der Waals surface area contributed by atoms with Crippen molar-refractivity contribution in [3.63, 3.8) is 0 Å². The Hall–Kier alpha value is -0.210. The Balaban J connectivity index is 2.59. The third kappa shape index (κ3) is 3.50. The van der Waals surface area contributed by atoms with Crippen LogP contribution in [0.25, 0.3) is 0 Å². The molecule has 0 heterocycles. The first-order chi connectivity index (χ1) is 6.77. The van der Waals surface area contributed by atoms with Crippen LogP contribution in [0.4, 0.5) is 0 Å². The van der Waals surface area contributed by atoms with Gasteiger partial charge in [0.05, 0.1) is 11.6 Å². The molecule has 1 rings (SSSR count). The summed E-state index contributed by atoms with van der Waals surface area (Å²) in [6, 6.07) is 5.87. The van der Waals surface area contributed by atoms with Crippen molar-refractivity contribution in [3.05, 3.63) is 28.8 Å². The Morgan fingerprint density at radius 3 is 2.79 bits per heavy atom. The van der Waals surface area contributed by atoms with Gasteiger partial charge in [-0.3, -0.25) is 0 Å². The lowest BCUT2D eigenvalue weighted by Crippen LogP contribution is -1.97. The number of unbranched alkanes of at least 4 members (excludes halogenated alkanes) is 1. The Morgan fingerprint density at radius 1 is 1.43 bits per heavy atom. The molecule has 0 saturated carbocycles. The summed E-state index contributed by atoms with van der Waals surface area (Å²) in [5, 5.41) is 1.51. The molecule has 3 heteroatoms. The van der Waals surface area contributed by atoms with Crippen LogP contribution in [-0.4, -0.2) is 6.61 Å². The number of rotatable bonds is 5. The summed E-state index contributed by atoms with van der Waals surface area (Å²) < 4.78 is 5.53. The standard InChI is InChI=1S/C11H14BrClO/c1-2-3-6-14-11-5-4-9(8-12)7-10(11)13/h4-5,7H,2-3,6,8H2,1H3. The van der Waals surface area contributed by atoms with Gasteiger partial charge in [0.25, 0.3) is 0 Å². The zero-order valence-electron chi connectivity index (χ0n) is 8.22. The summed E-state index contributed by atoms with van der Waals surface area (Å²) in [5.74, 6) is 0.782. The van der Waals surface area contributed by atoms with E-state index in [2.05, 4.69) is 22.9 Å². The van der Waals surface area contributed by atoms with Crippen LogP contribution in [-0.2, 0) is 5.33 Å². The lowest BCUT2D eigenvalue weighted by molar-refractivity contribution is 0.309. The molecule has 0 N–H and O–H groups in total. The van der Waals surface area contributed by atoms with Gasteiger partial charge in [0, 0.05) is 5.33 Å². The van der Waals surface area contributed by atoms with Crippen molar-refractivity contribution in [1.29, 1.82) is 0 Å². The highest BCUT2D eigenvalue weighted by Gasteiger charge is 2.01. The fourth-order valence-corrected chi connectivity index (χ4v) is 1.68. The molecule has 0 bridgehead atoms. The van der Waals surface area contributed by atoms with Gasteiger partial charge < -0.3 is 4.74 Å². The molecule has 0 aliphatic carbocycles. The van der Waals surface area contributed by atoms with Crippen LogP contribution in [0.3, 0.4) is 0 Å². The molecular formula is C11H14BrClO. The Morgan fingerprint density at radius 2 is 2.21 bits per heavy atom. The number of hydrogen-bond donors (Lipinski definition) is 0. The average Bonchev–Trinajstić information content (AvgIpc) is 2.20. The van der Waals surface area contributed by atoms with E-state index in [1.807, 2.05) is 18.2 Å². The van der Waals surface area contributed by atoms with Crippen molar-refractivity contribution >= 4 is 27.5 Å². The molecule has 0 saturated heterocycles. The van der Waals surface area contributed by atoms with Crippen LogP contribution >= 0.6 is 27.5 Å². The monoisotopic (exact) mass is 276 g/mol. The van der Waals surface area contributed by atoms with Gasteiger partial charge in [-0.2, -0.15) is 0 Å². The Labute approximate surface area is 98.5 Å². The summed E-state index contributed by atoms with van der Waals surface area (Å²) >= 11 is 9.42. The maximum atomic E-state index is 6.04. The SMILES string of the molecule is CCCCOc1ccc(CBr)cc1Cl. The summed E-state index contributed by atoms with van der Waals surface area (Å²) in [4.78, 5) is 0. The summed E-state index contributed by atoms with van der Waals surface area (Å²) in [6.07, 6.45) is 2.20. The van der Waals surface area contributed by atoms with Gasteiger partial charge in [-0.25, -0.2) is 0 Å². The van der Waals surface area contributed by atoms with E-state index in [0.29, 0.717) is 5.02 Å². The van der Waals surface area contributed by atoms with E-state index in [1.165, 1.54) is 0 Å². The lowest BCUT2D eigenvalue weighted by atomic mass is 10.2. The van der Waals surface area contributed by atoms with E-state index in [-0.39, 0.29) is 0 Å². The average molecular weight is 278 g/mol. The van der Waals surface area contributed by atoms with Crippen LogP contribution in [0.5, 0.6) is 5.75 Å². The van der Waals surface area contributed by atoms with Crippen LogP contribution in [0, 0.1) is 0 Å². The van der Waals surface area contributed by atoms with Crippen molar-refractivity contribution in [2.45, 2.75) is 25.1 Å². The van der Waals surface area contributed by atoms with Gasteiger partial charge in [0.2, 0.25) is 0 Å². The molecule has 78 valence electrons. The van der Waals surface area contributed by atoms with Crippen molar-refractivity contribution in [1.82, 2.24) is 0 Å². The predicted octanol–water partition coefficient (Wildman–Crippen LogP) is 4.41. The van der Waals surface area contributed by atoms with Gasteiger partial charge in [-0.05, 0) is 24.1 Å². The molecule has 0 amide bonds. The van der Waals surface area contributed by atoms with E-state index >= 15 is 0 Å². The summed E-state index contributed by atoms with van der Waals surface area (Å²) in [5.41, 5.74) is 1.16. The molecule has 0 aliphatic rings. The van der Waals surface area contributed by atoms with Crippen LogP contribution in [0.2, 0.25) is 5.02 Å². The van der Waals surface area contributed by atoms with E-state index in [0.717, 1.165) is 36.1 Å². The maximum absolute atomic E-state index is 6.04. The van der Waals surface area contributed by atoms with Gasteiger partial charge >= 0.3 is 0 Å². The summed E-state index contributed by atoms with van der Waals surface area (Å²) in [6.45, 7) is 2.88. The molecule has 0 fully saturated rings. The van der Waals surface area contributed by atoms with Gasteiger partial charge in [0.15, 0.2) is 0 Å². The molecule has 0 unspecified atom stereocenters. The molecule has 1 nitrogen and oxygen atoms in total. The van der Waals surface area contributed by atoms with Crippen LogP contribution in [0.1, 0.15) is 25.3 Å². The van der Waals surface area contributed by atoms with Crippen molar-refractivity contribution in [2.24, 2.45) is 0 Å². The minimum absolute atomic E-state index is 0.693. The second-order valence-corrected chi connectivity index (χ2v) is 4.07. The van der Waals surface area contributed by atoms with E-state index in [1.54, 1.807) is 0 Å². The molecule has 0 radical (unpaired) electrons. The maximum Gasteiger partial charge on any atom is 0.137 e. The number of benzene rings is 1. The fourth-order valence-electron chi connectivity index (χ4n) is 1.07. The molecule has 0 aliphatic heterocycles. The third-order valence-corrected chi connectivity index (χ3v) is 2.85. The first kappa shape index (κ1) is 11.9. The normalized spacial score (nSPS) is 10.2. The molecule has 14 heavy (non-hydrogen) atoms. The predicted molar refractivity (Wildman–Crippen MR) is 64.5 cm³/mol. The van der Waals surface area contributed by atoms with Crippen molar-refractivity contribution in [3.8, 4) is 5.75 Å². The quantitative estimate of drug-likeness (QED) is 0.572. The van der Waals surface area contributed by atoms with Gasteiger partial charge in [-0.1, -0.05) is 46.9 Å². The minimum atomic E-state index is 0.693. The van der Waals surface area contributed by atoms with E-state index < -0.39 is 0 Å². The second-order valence-electron chi connectivity index (χ2n) is 3.10. The van der Waals surface area contributed by atoms with Crippen LogP contribution < -0.4 is 4.74 Å². The highest BCUT2D eigenvalue weighted by atomic mass is 79.9. The molecular weight excluding hydrogens is 263 g/mol. The highest BCUT2D eigenvalue weighted by molar-refractivity contribution is 9.08. The zero-order valence-corrected chi connectivity index (χ0v) is 10.6. The van der Waals surface area contributed by atoms with E-state index in [4.69, 9.17) is 16.3 Å². The topological polar surface area (TPSA) is 9.23 Å².